The minimum absolute atomic E-state index is 0.0264. The van der Waals surface area contributed by atoms with E-state index in [1.807, 2.05) is 0 Å². The molecule has 0 aliphatic rings. The second kappa shape index (κ2) is 5.70. The van der Waals surface area contributed by atoms with Crippen LogP contribution in [0.2, 0.25) is 0 Å². The topological polar surface area (TPSA) is 97.3 Å². The smallest absolute Gasteiger partial charge is 0.323 e. The van der Waals surface area contributed by atoms with E-state index in [0.29, 0.717) is 22.9 Å². The van der Waals surface area contributed by atoms with Crippen LogP contribution in [0.25, 0.3) is 10.9 Å². The van der Waals surface area contributed by atoms with Gasteiger partial charge in [0.25, 0.3) is 5.69 Å². The molecule has 0 aliphatic carbocycles. The van der Waals surface area contributed by atoms with E-state index in [1.165, 1.54) is 13.2 Å². The molecule has 1 aromatic heterocycles. The molecular formula is C13H15N3O4. The number of carbonyl (C=O) groups is 1. The van der Waals surface area contributed by atoms with Gasteiger partial charge in [0.05, 0.1) is 22.9 Å². The lowest BCUT2D eigenvalue weighted by Gasteiger charge is -2.12. The van der Waals surface area contributed by atoms with Gasteiger partial charge in [0.1, 0.15) is 6.04 Å². The van der Waals surface area contributed by atoms with Crippen molar-refractivity contribution in [3.05, 3.63) is 40.1 Å². The van der Waals surface area contributed by atoms with Crippen LogP contribution in [-0.2, 0) is 16.0 Å². The molecule has 0 saturated carbocycles. The van der Waals surface area contributed by atoms with Gasteiger partial charge in [-0.3, -0.25) is 14.9 Å². The first-order valence-electron chi connectivity index (χ1n) is 6.07. The number of carbonyl (C=O) groups excluding carboxylic acids is 1. The van der Waals surface area contributed by atoms with E-state index >= 15 is 0 Å². The number of esters is 1. The lowest BCUT2D eigenvalue weighted by molar-refractivity contribution is -0.383. The monoisotopic (exact) mass is 277 g/mol. The van der Waals surface area contributed by atoms with Gasteiger partial charge in [-0.05, 0) is 18.7 Å². The molecule has 0 bridgehead atoms. The molecule has 0 amide bonds. The summed E-state index contributed by atoms with van der Waals surface area (Å²) in [4.78, 5) is 25.3. The van der Waals surface area contributed by atoms with Gasteiger partial charge in [0.2, 0.25) is 0 Å². The van der Waals surface area contributed by atoms with Crippen molar-refractivity contribution in [3.8, 4) is 0 Å². The Morgan fingerprint density at radius 2 is 2.30 bits per heavy atom. The van der Waals surface area contributed by atoms with Crippen molar-refractivity contribution in [2.45, 2.75) is 12.5 Å². The normalized spacial score (nSPS) is 12.3. The van der Waals surface area contributed by atoms with E-state index in [2.05, 4.69) is 10.3 Å². The van der Waals surface area contributed by atoms with E-state index < -0.39 is 16.9 Å². The van der Waals surface area contributed by atoms with Crippen LogP contribution >= 0.6 is 0 Å². The van der Waals surface area contributed by atoms with Crippen LogP contribution in [0.3, 0.4) is 0 Å². The molecule has 7 heteroatoms. The molecule has 2 rings (SSSR count). The highest BCUT2D eigenvalue weighted by Gasteiger charge is 2.22. The molecule has 0 spiro atoms. The maximum Gasteiger partial charge on any atom is 0.323 e. The molecule has 1 atom stereocenters. The second-order valence-corrected chi connectivity index (χ2v) is 4.34. The van der Waals surface area contributed by atoms with Crippen LogP contribution in [0.5, 0.6) is 0 Å². The fraction of sp³-hybridized carbons (Fsp3) is 0.308. The number of nitro groups is 1. The van der Waals surface area contributed by atoms with Gasteiger partial charge >= 0.3 is 5.97 Å². The Hall–Kier alpha value is -2.41. The highest BCUT2D eigenvalue weighted by atomic mass is 16.6. The molecule has 0 aliphatic heterocycles. The molecule has 0 radical (unpaired) electrons. The maximum atomic E-state index is 11.6. The average molecular weight is 277 g/mol. The van der Waals surface area contributed by atoms with E-state index in [0.717, 1.165) is 0 Å². The van der Waals surface area contributed by atoms with Crippen LogP contribution in [0.4, 0.5) is 5.69 Å². The Morgan fingerprint density at radius 1 is 1.55 bits per heavy atom. The lowest BCUT2D eigenvalue weighted by atomic mass is 10.0. The van der Waals surface area contributed by atoms with Crippen molar-refractivity contribution in [1.82, 2.24) is 10.3 Å². The lowest BCUT2D eigenvalue weighted by Crippen LogP contribution is -2.36. The minimum atomic E-state index is -0.543. The van der Waals surface area contributed by atoms with Crippen LogP contribution in [0, 0.1) is 10.1 Å². The number of benzene rings is 1. The number of hydrogen-bond donors (Lipinski definition) is 2. The van der Waals surface area contributed by atoms with Crippen molar-refractivity contribution in [1.29, 1.82) is 0 Å². The summed E-state index contributed by atoms with van der Waals surface area (Å²) >= 11 is 0. The summed E-state index contributed by atoms with van der Waals surface area (Å²) in [6.07, 6.45) is 2.00. The number of nitro benzene ring substituents is 1. The number of nitrogens with one attached hydrogen (secondary N) is 2. The van der Waals surface area contributed by atoms with E-state index in [1.54, 1.807) is 25.4 Å². The van der Waals surface area contributed by atoms with Gasteiger partial charge in [-0.15, -0.1) is 0 Å². The molecule has 2 N–H and O–H groups in total. The van der Waals surface area contributed by atoms with Crippen molar-refractivity contribution >= 4 is 22.6 Å². The summed E-state index contributed by atoms with van der Waals surface area (Å²) in [7, 11) is 2.95. The molecule has 2 aromatic rings. The fourth-order valence-corrected chi connectivity index (χ4v) is 2.21. The zero-order valence-electron chi connectivity index (χ0n) is 11.2. The molecule has 7 nitrogen and oxygen atoms in total. The SMILES string of the molecule is CN[C@@H](Cc1c[nH]c2cccc([N+](=O)[O-])c12)C(=O)OC. The average Bonchev–Trinajstić information content (AvgIpc) is 2.86. The van der Waals surface area contributed by atoms with Crippen LogP contribution in [0.1, 0.15) is 5.56 Å². The van der Waals surface area contributed by atoms with Gasteiger partial charge in [-0.2, -0.15) is 0 Å². The molecular weight excluding hydrogens is 262 g/mol. The predicted octanol–water partition coefficient (Wildman–Crippen LogP) is 1.38. The van der Waals surface area contributed by atoms with Crippen molar-refractivity contribution in [3.63, 3.8) is 0 Å². The zero-order chi connectivity index (χ0) is 14.7. The quantitative estimate of drug-likeness (QED) is 0.489. The van der Waals surface area contributed by atoms with Gasteiger partial charge in [0.15, 0.2) is 0 Å². The molecule has 0 fully saturated rings. The number of H-pyrrole nitrogens is 1. The Balaban J connectivity index is 2.44. The number of likely N-dealkylation sites (N-methyl/N-ethyl adjacent to an activating group) is 1. The van der Waals surface area contributed by atoms with E-state index in [4.69, 9.17) is 4.74 Å². The van der Waals surface area contributed by atoms with Crippen molar-refractivity contribution < 1.29 is 14.5 Å². The molecule has 106 valence electrons. The standard InChI is InChI=1S/C13H15N3O4/c1-14-10(13(17)20-2)6-8-7-15-9-4-3-5-11(12(8)9)16(18)19/h3-5,7,10,14-15H,6H2,1-2H3/t10-/m0/s1. The minimum Gasteiger partial charge on any atom is -0.468 e. The number of aromatic nitrogens is 1. The van der Waals surface area contributed by atoms with Gasteiger partial charge in [-0.25, -0.2) is 0 Å². The molecule has 0 unspecified atom stereocenters. The number of aromatic amines is 1. The van der Waals surface area contributed by atoms with E-state index in [-0.39, 0.29) is 5.69 Å². The van der Waals surface area contributed by atoms with Crippen molar-refractivity contribution in [2.24, 2.45) is 0 Å². The van der Waals surface area contributed by atoms with Gasteiger partial charge in [0, 0.05) is 18.7 Å². The first-order valence-corrected chi connectivity index (χ1v) is 6.07. The number of non-ortho nitro benzene ring substituents is 1. The summed E-state index contributed by atoms with van der Waals surface area (Å²) in [6.45, 7) is 0. The number of fused-ring (bicyclic) bond motifs is 1. The Labute approximate surface area is 115 Å². The Bertz CT molecular complexity index is 650. The highest BCUT2D eigenvalue weighted by molar-refractivity contribution is 5.92. The highest BCUT2D eigenvalue weighted by Crippen LogP contribution is 2.29. The Kier molecular flexibility index (Phi) is 3.99. The third-order valence-electron chi connectivity index (χ3n) is 3.22. The second-order valence-electron chi connectivity index (χ2n) is 4.34. The molecule has 1 heterocycles. The molecule has 0 saturated heterocycles. The maximum absolute atomic E-state index is 11.6. The zero-order valence-corrected chi connectivity index (χ0v) is 11.2. The number of nitrogens with zero attached hydrogens (tertiary/aromatic N) is 1. The fourth-order valence-electron chi connectivity index (χ4n) is 2.21. The van der Waals surface area contributed by atoms with Crippen molar-refractivity contribution in [2.75, 3.05) is 14.2 Å². The third-order valence-corrected chi connectivity index (χ3v) is 3.22. The molecule has 20 heavy (non-hydrogen) atoms. The first kappa shape index (κ1) is 14.0. The van der Waals surface area contributed by atoms with Crippen LogP contribution in [-0.4, -0.2) is 36.1 Å². The summed E-state index contributed by atoms with van der Waals surface area (Å²) in [5, 5.41) is 14.5. The van der Waals surface area contributed by atoms with Gasteiger partial charge in [-0.1, -0.05) is 6.07 Å². The first-order chi connectivity index (χ1) is 9.58. The number of ether oxygens (including phenoxy) is 1. The Morgan fingerprint density at radius 3 is 2.90 bits per heavy atom. The molecule has 1 aromatic carbocycles. The number of methoxy groups -OCH3 is 1. The van der Waals surface area contributed by atoms with Crippen LogP contribution < -0.4 is 5.32 Å². The summed E-state index contributed by atoms with van der Waals surface area (Å²) in [5.41, 5.74) is 1.41. The van der Waals surface area contributed by atoms with Gasteiger partial charge < -0.3 is 15.0 Å². The van der Waals surface area contributed by atoms with Crippen LogP contribution in [0.15, 0.2) is 24.4 Å². The summed E-state index contributed by atoms with van der Waals surface area (Å²) in [5.74, 6) is -0.402. The van der Waals surface area contributed by atoms with E-state index in [9.17, 15) is 14.9 Å². The summed E-state index contributed by atoms with van der Waals surface area (Å²) < 4.78 is 4.70. The largest absolute Gasteiger partial charge is 0.468 e. The number of hydrogen-bond acceptors (Lipinski definition) is 5. The summed E-state index contributed by atoms with van der Waals surface area (Å²) in [6, 6.07) is 4.29. The third kappa shape index (κ3) is 2.48. The predicted molar refractivity (Wildman–Crippen MR) is 73.5 cm³/mol. The number of rotatable bonds is 5.